The molecule has 1 amide bonds. The summed E-state index contributed by atoms with van der Waals surface area (Å²) in [6.45, 7) is 2.34. The minimum absolute atomic E-state index is 0.123. The standard InChI is InChI=1S/C20H25NO5S/c1-24-19(23)20-7-2-3-14(20)12-21(13-20)18(22)6-10-27-15-4-5-16-17(11-15)26-9-8-25-16/h4-5,11,14H,2-3,6-10,12-13H2,1H3/t14-,20+/m0/s1. The van der Waals surface area contributed by atoms with Crippen molar-refractivity contribution in [3.05, 3.63) is 18.2 Å². The molecule has 1 aromatic carbocycles. The monoisotopic (exact) mass is 391 g/mol. The van der Waals surface area contributed by atoms with E-state index in [1.54, 1.807) is 11.8 Å². The molecule has 2 aliphatic heterocycles. The first kappa shape index (κ1) is 18.5. The molecule has 0 aromatic heterocycles. The largest absolute Gasteiger partial charge is 0.486 e. The summed E-state index contributed by atoms with van der Waals surface area (Å²) in [6, 6.07) is 5.88. The molecule has 146 valence electrons. The Morgan fingerprint density at radius 2 is 2.11 bits per heavy atom. The number of ether oxygens (including phenoxy) is 3. The fourth-order valence-corrected chi connectivity index (χ4v) is 5.41. The molecule has 2 heterocycles. The number of fused-ring (bicyclic) bond motifs is 2. The van der Waals surface area contributed by atoms with Crippen molar-refractivity contribution in [3.8, 4) is 11.5 Å². The Labute approximate surface area is 163 Å². The lowest BCUT2D eigenvalue weighted by Crippen LogP contribution is -2.38. The van der Waals surface area contributed by atoms with Gasteiger partial charge in [-0.3, -0.25) is 9.59 Å². The summed E-state index contributed by atoms with van der Waals surface area (Å²) in [4.78, 5) is 27.9. The van der Waals surface area contributed by atoms with Crippen molar-refractivity contribution in [1.82, 2.24) is 4.90 Å². The van der Waals surface area contributed by atoms with Gasteiger partial charge in [-0.2, -0.15) is 0 Å². The Morgan fingerprint density at radius 3 is 2.93 bits per heavy atom. The Kier molecular flexibility index (Phi) is 5.21. The molecule has 1 aromatic rings. The van der Waals surface area contributed by atoms with Crippen LogP contribution in [0.3, 0.4) is 0 Å². The molecular weight excluding hydrogens is 366 g/mol. The quantitative estimate of drug-likeness (QED) is 0.568. The number of likely N-dealkylation sites (tertiary alicyclic amines) is 1. The van der Waals surface area contributed by atoms with Gasteiger partial charge in [-0.15, -0.1) is 11.8 Å². The van der Waals surface area contributed by atoms with E-state index in [0.29, 0.717) is 38.5 Å². The second-order valence-corrected chi connectivity index (χ2v) is 8.58. The van der Waals surface area contributed by atoms with E-state index >= 15 is 0 Å². The number of benzene rings is 1. The second kappa shape index (κ2) is 7.62. The van der Waals surface area contributed by atoms with Gasteiger partial charge in [-0.1, -0.05) is 6.42 Å². The van der Waals surface area contributed by atoms with Crippen LogP contribution < -0.4 is 9.47 Å². The Bertz CT molecular complexity index is 739. The van der Waals surface area contributed by atoms with E-state index in [9.17, 15) is 9.59 Å². The highest BCUT2D eigenvalue weighted by Gasteiger charge is 2.56. The fraction of sp³-hybridized carbons (Fsp3) is 0.600. The van der Waals surface area contributed by atoms with E-state index in [1.807, 2.05) is 23.1 Å². The first-order chi connectivity index (χ1) is 13.1. The predicted molar refractivity (Wildman–Crippen MR) is 101 cm³/mol. The number of hydrogen-bond acceptors (Lipinski definition) is 6. The summed E-state index contributed by atoms with van der Waals surface area (Å²) in [6.07, 6.45) is 3.34. The zero-order valence-electron chi connectivity index (χ0n) is 15.6. The third-order valence-corrected chi connectivity index (χ3v) is 6.91. The molecule has 2 fully saturated rings. The highest BCUT2D eigenvalue weighted by molar-refractivity contribution is 7.99. The van der Waals surface area contributed by atoms with Crippen LogP contribution in [0, 0.1) is 11.3 Å². The SMILES string of the molecule is COC(=O)[C@@]12CCC[C@H]1CN(C(=O)CCSc1ccc3c(c1)OCCO3)C2. The van der Waals surface area contributed by atoms with Crippen LogP contribution in [0.25, 0.3) is 0 Å². The number of carbonyl (C=O) groups is 2. The molecule has 27 heavy (non-hydrogen) atoms. The molecule has 7 heteroatoms. The zero-order chi connectivity index (χ0) is 18.9. The van der Waals surface area contributed by atoms with Gasteiger partial charge in [0.05, 0.1) is 12.5 Å². The maximum absolute atomic E-state index is 12.7. The molecular formula is C20H25NO5S. The van der Waals surface area contributed by atoms with Crippen molar-refractivity contribution >= 4 is 23.6 Å². The van der Waals surface area contributed by atoms with Crippen molar-refractivity contribution in [2.24, 2.45) is 11.3 Å². The van der Waals surface area contributed by atoms with Crippen molar-refractivity contribution in [2.45, 2.75) is 30.6 Å². The molecule has 6 nitrogen and oxygen atoms in total. The highest BCUT2D eigenvalue weighted by atomic mass is 32.2. The summed E-state index contributed by atoms with van der Waals surface area (Å²) < 4.78 is 16.2. The van der Waals surface area contributed by atoms with E-state index in [0.717, 1.165) is 35.7 Å². The van der Waals surface area contributed by atoms with Gasteiger partial charge in [0.15, 0.2) is 11.5 Å². The van der Waals surface area contributed by atoms with Crippen LogP contribution in [0.15, 0.2) is 23.1 Å². The Morgan fingerprint density at radius 1 is 1.30 bits per heavy atom. The summed E-state index contributed by atoms with van der Waals surface area (Å²) >= 11 is 1.64. The smallest absolute Gasteiger partial charge is 0.313 e. The first-order valence-corrected chi connectivity index (χ1v) is 10.5. The van der Waals surface area contributed by atoms with Crippen LogP contribution in [-0.2, 0) is 14.3 Å². The predicted octanol–water partition coefficient (Wildman–Crippen LogP) is 2.74. The summed E-state index contributed by atoms with van der Waals surface area (Å²) in [7, 11) is 1.45. The van der Waals surface area contributed by atoms with Gasteiger partial charge in [0.25, 0.3) is 0 Å². The average molecular weight is 391 g/mol. The van der Waals surface area contributed by atoms with Crippen molar-refractivity contribution < 1.29 is 23.8 Å². The highest BCUT2D eigenvalue weighted by Crippen LogP contribution is 2.49. The van der Waals surface area contributed by atoms with Gasteiger partial charge in [0.1, 0.15) is 13.2 Å². The number of esters is 1. The van der Waals surface area contributed by atoms with Crippen LogP contribution >= 0.6 is 11.8 Å². The molecule has 1 saturated heterocycles. The number of rotatable bonds is 5. The van der Waals surface area contributed by atoms with Crippen molar-refractivity contribution in [1.29, 1.82) is 0 Å². The minimum atomic E-state index is -0.465. The van der Waals surface area contributed by atoms with E-state index in [-0.39, 0.29) is 17.8 Å². The number of carbonyl (C=O) groups excluding carboxylic acids is 2. The van der Waals surface area contributed by atoms with Crippen molar-refractivity contribution in [2.75, 3.05) is 39.2 Å². The van der Waals surface area contributed by atoms with E-state index in [2.05, 4.69) is 0 Å². The van der Waals surface area contributed by atoms with E-state index in [4.69, 9.17) is 14.2 Å². The molecule has 0 radical (unpaired) electrons. The van der Waals surface area contributed by atoms with Gasteiger partial charge in [0.2, 0.25) is 5.91 Å². The molecule has 3 aliphatic rings. The van der Waals surface area contributed by atoms with Gasteiger partial charge in [-0.05, 0) is 37.0 Å². The van der Waals surface area contributed by atoms with Crippen LogP contribution in [0.4, 0.5) is 0 Å². The number of amides is 1. The molecule has 4 rings (SSSR count). The molecule has 2 atom stereocenters. The van der Waals surface area contributed by atoms with Gasteiger partial charge < -0.3 is 19.1 Å². The minimum Gasteiger partial charge on any atom is -0.486 e. The average Bonchev–Trinajstić information content (AvgIpc) is 3.25. The van der Waals surface area contributed by atoms with E-state index in [1.165, 1.54) is 7.11 Å². The molecule has 1 aliphatic carbocycles. The van der Waals surface area contributed by atoms with Crippen LogP contribution in [-0.4, -0.2) is 55.9 Å². The maximum Gasteiger partial charge on any atom is 0.313 e. The first-order valence-electron chi connectivity index (χ1n) is 9.51. The lowest BCUT2D eigenvalue weighted by Gasteiger charge is -2.25. The van der Waals surface area contributed by atoms with Crippen LogP contribution in [0.2, 0.25) is 0 Å². The second-order valence-electron chi connectivity index (χ2n) is 7.42. The molecule has 0 bridgehead atoms. The summed E-state index contributed by atoms with van der Waals surface area (Å²) in [5.74, 6) is 2.47. The number of hydrogen-bond donors (Lipinski definition) is 0. The Hall–Kier alpha value is -1.89. The molecule has 0 unspecified atom stereocenters. The topological polar surface area (TPSA) is 65.1 Å². The molecule has 0 spiro atoms. The van der Waals surface area contributed by atoms with Crippen LogP contribution in [0.1, 0.15) is 25.7 Å². The fourth-order valence-electron chi connectivity index (χ4n) is 4.54. The third kappa shape index (κ3) is 3.49. The normalized spacial score (nSPS) is 26.0. The van der Waals surface area contributed by atoms with Crippen LogP contribution in [0.5, 0.6) is 11.5 Å². The number of thioether (sulfide) groups is 1. The maximum atomic E-state index is 12.7. The zero-order valence-corrected chi connectivity index (χ0v) is 16.4. The number of methoxy groups -OCH3 is 1. The van der Waals surface area contributed by atoms with Gasteiger partial charge >= 0.3 is 5.97 Å². The Balaban J connectivity index is 1.31. The van der Waals surface area contributed by atoms with E-state index < -0.39 is 5.41 Å². The lowest BCUT2D eigenvalue weighted by molar-refractivity contribution is -0.153. The molecule has 1 saturated carbocycles. The lowest BCUT2D eigenvalue weighted by atomic mass is 9.81. The molecule has 0 N–H and O–H groups in total. The third-order valence-electron chi connectivity index (χ3n) is 5.91. The van der Waals surface area contributed by atoms with Crippen molar-refractivity contribution in [3.63, 3.8) is 0 Å². The van der Waals surface area contributed by atoms with Gasteiger partial charge in [0, 0.05) is 30.2 Å². The summed E-state index contributed by atoms with van der Waals surface area (Å²) in [5, 5.41) is 0. The number of nitrogens with zero attached hydrogens (tertiary/aromatic N) is 1. The van der Waals surface area contributed by atoms with Gasteiger partial charge in [-0.25, -0.2) is 0 Å². The summed E-state index contributed by atoms with van der Waals surface area (Å²) in [5.41, 5.74) is -0.465.